The Balaban J connectivity index is 2.29. The molecule has 0 atom stereocenters. The van der Waals surface area contributed by atoms with E-state index in [-0.39, 0.29) is 0 Å². The average Bonchev–Trinajstić information content (AvgIpc) is 2.78. The van der Waals surface area contributed by atoms with Crippen LogP contribution in [-0.4, -0.2) is 9.55 Å². The third kappa shape index (κ3) is 2.03. The van der Waals surface area contributed by atoms with Crippen molar-refractivity contribution in [1.82, 2.24) is 9.55 Å². The highest BCUT2D eigenvalue weighted by atomic mass is 35.5. The van der Waals surface area contributed by atoms with Crippen molar-refractivity contribution in [1.29, 1.82) is 5.26 Å². The van der Waals surface area contributed by atoms with Gasteiger partial charge in [0.15, 0.2) is 0 Å². The molecule has 0 spiro atoms. The van der Waals surface area contributed by atoms with Crippen molar-refractivity contribution in [3.05, 3.63) is 52.0 Å². The van der Waals surface area contributed by atoms with Crippen LogP contribution in [0.3, 0.4) is 0 Å². The summed E-state index contributed by atoms with van der Waals surface area (Å²) in [5.74, 6) is 0.725. The van der Waals surface area contributed by atoms with Gasteiger partial charge in [0.1, 0.15) is 5.82 Å². The first kappa shape index (κ1) is 13.0. The van der Waals surface area contributed by atoms with Crippen molar-refractivity contribution in [2.45, 2.75) is 0 Å². The van der Waals surface area contributed by atoms with Gasteiger partial charge in [0.05, 0.1) is 27.7 Å². The van der Waals surface area contributed by atoms with E-state index >= 15 is 0 Å². The van der Waals surface area contributed by atoms with Gasteiger partial charge in [-0.2, -0.15) is 5.26 Å². The molecule has 0 fully saturated rings. The van der Waals surface area contributed by atoms with Gasteiger partial charge in [-0.1, -0.05) is 23.2 Å². The van der Waals surface area contributed by atoms with Crippen LogP contribution < -0.4 is 0 Å². The molecule has 0 bridgehead atoms. The maximum Gasteiger partial charge on any atom is 0.142 e. The second-order valence-electron chi connectivity index (χ2n) is 4.43. The molecule has 3 nitrogen and oxygen atoms in total. The Morgan fingerprint density at radius 2 is 1.95 bits per heavy atom. The number of aromatic nitrogens is 2. The van der Waals surface area contributed by atoms with Gasteiger partial charge in [-0.15, -0.1) is 0 Å². The lowest BCUT2D eigenvalue weighted by atomic mass is 10.2. The number of imidazole rings is 1. The summed E-state index contributed by atoms with van der Waals surface area (Å²) in [6, 6.07) is 12.8. The number of nitriles is 1. The normalized spacial score (nSPS) is 10.7. The highest BCUT2D eigenvalue weighted by molar-refractivity contribution is 6.35. The molecule has 0 unspecified atom stereocenters. The summed E-state index contributed by atoms with van der Waals surface area (Å²) in [6.45, 7) is 0. The molecule has 3 rings (SSSR count). The van der Waals surface area contributed by atoms with Crippen LogP contribution in [-0.2, 0) is 7.05 Å². The van der Waals surface area contributed by atoms with Crippen molar-refractivity contribution in [3.63, 3.8) is 0 Å². The smallest absolute Gasteiger partial charge is 0.142 e. The fourth-order valence-corrected chi connectivity index (χ4v) is 2.55. The van der Waals surface area contributed by atoms with Gasteiger partial charge in [-0.05, 0) is 36.4 Å². The number of nitrogens with zero attached hydrogens (tertiary/aromatic N) is 3. The summed E-state index contributed by atoms with van der Waals surface area (Å²) in [7, 11) is 1.91. The van der Waals surface area contributed by atoms with Gasteiger partial charge in [-0.25, -0.2) is 4.98 Å². The SMILES string of the molecule is Cn1c(-c2cc(Cl)ccc2Cl)nc2cc(C#N)ccc21. The number of hydrogen-bond donors (Lipinski definition) is 0. The van der Waals surface area contributed by atoms with Crippen molar-refractivity contribution >= 4 is 34.2 Å². The highest BCUT2D eigenvalue weighted by Gasteiger charge is 2.13. The summed E-state index contributed by atoms with van der Waals surface area (Å²) < 4.78 is 1.94. The molecular weight excluding hydrogens is 293 g/mol. The molecule has 20 heavy (non-hydrogen) atoms. The van der Waals surface area contributed by atoms with E-state index in [9.17, 15) is 0 Å². The summed E-state index contributed by atoms with van der Waals surface area (Å²) in [5.41, 5.74) is 3.06. The lowest BCUT2D eigenvalue weighted by Crippen LogP contribution is -1.93. The number of fused-ring (bicyclic) bond motifs is 1. The molecule has 1 aromatic heterocycles. The summed E-state index contributed by atoms with van der Waals surface area (Å²) in [5, 5.41) is 10.1. The molecule has 5 heteroatoms. The van der Waals surface area contributed by atoms with Crippen molar-refractivity contribution < 1.29 is 0 Å². The van der Waals surface area contributed by atoms with Gasteiger partial charge < -0.3 is 4.57 Å². The molecule has 2 aromatic carbocycles. The topological polar surface area (TPSA) is 41.6 Å². The predicted molar refractivity (Wildman–Crippen MR) is 80.9 cm³/mol. The fraction of sp³-hybridized carbons (Fsp3) is 0.0667. The molecular formula is C15H9Cl2N3. The van der Waals surface area contributed by atoms with Crippen LogP contribution in [0.4, 0.5) is 0 Å². The molecule has 0 saturated carbocycles. The van der Waals surface area contributed by atoms with Gasteiger partial charge >= 0.3 is 0 Å². The predicted octanol–water partition coefficient (Wildman–Crippen LogP) is 4.42. The zero-order valence-corrected chi connectivity index (χ0v) is 12.1. The van der Waals surface area contributed by atoms with Crippen LogP contribution in [0, 0.1) is 11.3 Å². The van der Waals surface area contributed by atoms with E-state index in [1.807, 2.05) is 17.7 Å². The minimum Gasteiger partial charge on any atom is -0.327 e. The largest absolute Gasteiger partial charge is 0.327 e. The molecule has 0 aliphatic rings. The van der Waals surface area contributed by atoms with Gasteiger partial charge in [0, 0.05) is 17.6 Å². The Kier molecular flexibility index (Phi) is 3.13. The van der Waals surface area contributed by atoms with Crippen molar-refractivity contribution in [3.8, 4) is 17.5 Å². The lowest BCUT2D eigenvalue weighted by molar-refractivity contribution is 0.959. The molecule has 0 radical (unpaired) electrons. The van der Waals surface area contributed by atoms with E-state index < -0.39 is 0 Å². The van der Waals surface area contributed by atoms with Crippen LogP contribution >= 0.6 is 23.2 Å². The first-order valence-electron chi connectivity index (χ1n) is 5.92. The van der Waals surface area contributed by atoms with Crippen LogP contribution in [0.2, 0.25) is 10.0 Å². The minimum atomic E-state index is 0.583. The highest BCUT2D eigenvalue weighted by Crippen LogP contribution is 2.31. The Labute approximate surface area is 126 Å². The molecule has 0 amide bonds. The molecule has 1 heterocycles. The quantitative estimate of drug-likeness (QED) is 0.667. The van der Waals surface area contributed by atoms with Crippen LogP contribution in [0.1, 0.15) is 5.56 Å². The van der Waals surface area contributed by atoms with Crippen LogP contribution in [0.5, 0.6) is 0 Å². The zero-order chi connectivity index (χ0) is 14.3. The maximum absolute atomic E-state index is 8.95. The van der Waals surface area contributed by atoms with E-state index in [0.717, 1.165) is 22.4 Å². The molecule has 3 aromatic rings. The first-order valence-corrected chi connectivity index (χ1v) is 6.68. The van der Waals surface area contributed by atoms with E-state index in [1.54, 1.807) is 30.3 Å². The zero-order valence-electron chi connectivity index (χ0n) is 10.6. The third-order valence-corrected chi connectivity index (χ3v) is 3.74. The van der Waals surface area contributed by atoms with E-state index in [4.69, 9.17) is 28.5 Å². The number of rotatable bonds is 1. The van der Waals surface area contributed by atoms with Gasteiger partial charge in [0.2, 0.25) is 0 Å². The molecule has 98 valence electrons. The Morgan fingerprint density at radius 1 is 1.15 bits per heavy atom. The van der Waals surface area contributed by atoms with E-state index in [0.29, 0.717) is 15.6 Å². The Hall–Kier alpha value is -2.02. The lowest BCUT2D eigenvalue weighted by Gasteiger charge is -2.05. The first-order chi connectivity index (χ1) is 9.60. The molecule has 0 N–H and O–H groups in total. The average molecular weight is 302 g/mol. The second-order valence-corrected chi connectivity index (χ2v) is 5.28. The third-order valence-electron chi connectivity index (χ3n) is 3.18. The maximum atomic E-state index is 8.95. The van der Waals surface area contributed by atoms with Crippen LogP contribution in [0.25, 0.3) is 22.4 Å². The summed E-state index contributed by atoms with van der Waals surface area (Å²) >= 11 is 12.3. The Morgan fingerprint density at radius 3 is 2.70 bits per heavy atom. The van der Waals surface area contributed by atoms with E-state index in [2.05, 4.69) is 11.1 Å². The number of halogens is 2. The van der Waals surface area contributed by atoms with Crippen LogP contribution in [0.15, 0.2) is 36.4 Å². The number of benzene rings is 2. The summed E-state index contributed by atoms with van der Waals surface area (Å²) in [4.78, 5) is 4.56. The van der Waals surface area contributed by atoms with Gasteiger partial charge in [0.25, 0.3) is 0 Å². The number of hydrogen-bond acceptors (Lipinski definition) is 2. The standard InChI is InChI=1S/C15H9Cl2N3/c1-20-14-5-2-9(8-18)6-13(14)19-15(20)11-7-10(16)3-4-12(11)17/h2-7H,1H3. The fourth-order valence-electron chi connectivity index (χ4n) is 2.18. The molecule has 0 aliphatic carbocycles. The monoisotopic (exact) mass is 301 g/mol. The van der Waals surface area contributed by atoms with Crippen molar-refractivity contribution in [2.24, 2.45) is 7.05 Å². The second kappa shape index (κ2) is 4.82. The minimum absolute atomic E-state index is 0.583. The Bertz CT molecular complexity index is 859. The summed E-state index contributed by atoms with van der Waals surface area (Å²) in [6.07, 6.45) is 0. The van der Waals surface area contributed by atoms with Crippen molar-refractivity contribution in [2.75, 3.05) is 0 Å². The molecule has 0 aliphatic heterocycles. The van der Waals surface area contributed by atoms with E-state index in [1.165, 1.54) is 0 Å². The van der Waals surface area contributed by atoms with Gasteiger partial charge in [-0.3, -0.25) is 0 Å². The number of aryl methyl sites for hydroxylation is 1. The molecule has 0 saturated heterocycles.